The van der Waals surface area contributed by atoms with Crippen molar-refractivity contribution in [2.24, 2.45) is 5.73 Å². The van der Waals surface area contributed by atoms with E-state index in [1.54, 1.807) is 6.07 Å². The highest BCUT2D eigenvalue weighted by Gasteiger charge is 2.41. The molecule has 1 aromatic rings. The van der Waals surface area contributed by atoms with E-state index in [0.29, 0.717) is 18.5 Å². The lowest BCUT2D eigenvalue weighted by Crippen LogP contribution is -2.21. The summed E-state index contributed by atoms with van der Waals surface area (Å²) in [5, 5.41) is 12.1. The number of rotatable bonds is 1. The lowest BCUT2D eigenvalue weighted by atomic mass is 9.91. The number of nitrogens with two attached hydrogens (primary N) is 1. The number of aromatic nitrogens is 2. The Balaban J connectivity index is 2.58. The molecule has 1 aliphatic rings. The van der Waals surface area contributed by atoms with Crippen LogP contribution in [-0.2, 0) is 19.1 Å². The van der Waals surface area contributed by atoms with Crippen molar-refractivity contribution in [3.05, 3.63) is 17.0 Å². The topological polar surface area (TPSA) is 67.6 Å². The zero-order valence-electron chi connectivity index (χ0n) is 8.96. The molecule has 17 heavy (non-hydrogen) atoms. The number of fused-ring (bicyclic) bond motifs is 1. The predicted octanol–water partition coefficient (Wildman–Crippen LogP) is 1.76. The fourth-order valence-electron chi connectivity index (χ4n) is 2.20. The van der Waals surface area contributed by atoms with Gasteiger partial charge in [-0.15, -0.1) is 0 Å². The summed E-state index contributed by atoms with van der Waals surface area (Å²) >= 11 is 0. The van der Waals surface area contributed by atoms with Crippen LogP contribution in [0.15, 0.2) is 0 Å². The highest BCUT2D eigenvalue weighted by atomic mass is 19.4. The van der Waals surface area contributed by atoms with E-state index in [2.05, 4.69) is 5.10 Å². The molecule has 0 fully saturated rings. The standard InChI is InChI=1S/C10H11F3N4/c11-10(12,13)9-8-6(15)2-1-3-7(8)17(16-9)5-4-14/h6H,1-3,5,15H2. The van der Waals surface area contributed by atoms with E-state index in [-0.39, 0.29) is 12.1 Å². The first-order valence-corrected chi connectivity index (χ1v) is 5.24. The fourth-order valence-corrected chi connectivity index (χ4v) is 2.20. The Bertz CT molecular complexity index is 469. The Hall–Kier alpha value is -1.55. The quantitative estimate of drug-likeness (QED) is 0.818. The van der Waals surface area contributed by atoms with E-state index in [0.717, 1.165) is 11.1 Å². The van der Waals surface area contributed by atoms with E-state index < -0.39 is 17.9 Å². The molecular weight excluding hydrogens is 233 g/mol. The number of alkyl halides is 3. The van der Waals surface area contributed by atoms with Gasteiger partial charge in [0, 0.05) is 17.3 Å². The molecule has 1 aromatic heterocycles. The molecule has 0 amide bonds. The first-order valence-electron chi connectivity index (χ1n) is 5.24. The summed E-state index contributed by atoms with van der Waals surface area (Å²) in [6, 6.07) is 1.17. The molecule has 92 valence electrons. The van der Waals surface area contributed by atoms with Gasteiger partial charge in [-0.25, -0.2) is 0 Å². The molecule has 0 saturated carbocycles. The van der Waals surface area contributed by atoms with E-state index in [1.807, 2.05) is 0 Å². The molecule has 7 heteroatoms. The second-order valence-corrected chi connectivity index (χ2v) is 4.02. The maximum absolute atomic E-state index is 12.8. The third kappa shape index (κ3) is 2.00. The molecule has 0 aliphatic heterocycles. The summed E-state index contributed by atoms with van der Waals surface area (Å²) in [7, 11) is 0. The molecule has 2 rings (SSSR count). The molecule has 0 bridgehead atoms. The Kier molecular flexibility index (Phi) is 2.83. The van der Waals surface area contributed by atoms with Gasteiger partial charge in [-0.2, -0.15) is 23.5 Å². The summed E-state index contributed by atoms with van der Waals surface area (Å²) in [6.45, 7) is -0.175. The van der Waals surface area contributed by atoms with Gasteiger partial charge in [-0.3, -0.25) is 4.68 Å². The van der Waals surface area contributed by atoms with Crippen LogP contribution in [0.5, 0.6) is 0 Å². The fraction of sp³-hybridized carbons (Fsp3) is 0.600. The third-order valence-corrected chi connectivity index (χ3v) is 2.89. The molecule has 1 aliphatic carbocycles. The van der Waals surface area contributed by atoms with Crippen LogP contribution < -0.4 is 5.73 Å². The first kappa shape index (κ1) is 11.9. The summed E-state index contributed by atoms with van der Waals surface area (Å²) in [5.41, 5.74) is 5.31. The van der Waals surface area contributed by atoms with E-state index in [1.165, 1.54) is 0 Å². The van der Waals surface area contributed by atoms with E-state index in [4.69, 9.17) is 11.0 Å². The van der Waals surface area contributed by atoms with Gasteiger partial charge in [0.25, 0.3) is 0 Å². The largest absolute Gasteiger partial charge is 0.435 e. The zero-order chi connectivity index (χ0) is 12.6. The molecule has 0 spiro atoms. The second-order valence-electron chi connectivity index (χ2n) is 4.02. The van der Waals surface area contributed by atoms with E-state index >= 15 is 0 Å². The first-order chi connectivity index (χ1) is 7.95. The summed E-state index contributed by atoms with van der Waals surface area (Å²) < 4.78 is 39.5. The maximum atomic E-state index is 12.8. The average Bonchev–Trinajstić information content (AvgIpc) is 2.59. The van der Waals surface area contributed by atoms with Gasteiger partial charge in [-0.05, 0) is 19.3 Å². The Labute approximate surface area is 95.8 Å². The van der Waals surface area contributed by atoms with Crippen LogP contribution >= 0.6 is 0 Å². The molecule has 1 heterocycles. The van der Waals surface area contributed by atoms with Gasteiger partial charge < -0.3 is 5.73 Å². The van der Waals surface area contributed by atoms with Gasteiger partial charge in [0.15, 0.2) is 5.69 Å². The molecular formula is C10H11F3N4. The van der Waals surface area contributed by atoms with Crippen molar-refractivity contribution in [1.82, 2.24) is 9.78 Å². The van der Waals surface area contributed by atoms with Crippen molar-refractivity contribution in [3.8, 4) is 6.07 Å². The van der Waals surface area contributed by atoms with Crippen molar-refractivity contribution < 1.29 is 13.2 Å². The van der Waals surface area contributed by atoms with Gasteiger partial charge in [-0.1, -0.05) is 0 Å². The number of hydrogen-bond acceptors (Lipinski definition) is 3. The summed E-state index contributed by atoms with van der Waals surface area (Å²) in [6.07, 6.45) is -2.77. The third-order valence-electron chi connectivity index (χ3n) is 2.89. The van der Waals surface area contributed by atoms with Gasteiger partial charge >= 0.3 is 6.18 Å². The van der Waals surface area contributed by atoms with Crippen LogP contribution in [0.1, 0.15) is 35.8 Å². The van der Waals surface area contributed by atoms with Crippen molar-refractivity contribution >= 4 is 0 Å². The SMILES string of the molecule is N#CCn1nc(C(F)(F)F)c2c1CCCC2N. The van der Waals surface area contributed by atoms with Crippen LogP contribution in [0.4, 0.5) is 13.2 Å². The Morgan fingerprint density at radius 3 is 2.82 bits per heavy atom. The minimum atomic E-state index is -4.51. The molecule has 0 aromatic carbocycles. The monoisotopic (exact) mass is 244 g/mol. The predicted molar refractivity (Wildman–Crippen MR) is 52.7 cm³/mol. The maximum Gasteiger partial charge on any atom is 0.435 e. The van der Waals surface area contributed by atoms with Crippen molar-refractivity contribution in [2.45, 2.75) is 38.0 Å². The Morgan fingerprint density at radius 2 is 2.24 bits per heavy atom. The minimum Gasteiger partial charge on any atom is -0.324 e. The highest BCUT2D eigenvalue weighted by molar-refractivity contribution is 5.34. The van der Waals surface area contributed by atoms with Gasteiger partial charge in [0.2, 0.25) is 0 Å². The number of halogens is 3. The lowest BCUT2D eigenvalue weighted by molar-refractivity contribution is -0.142. The van der Waals surface area contributed by atoms with Crippen LogP contribution in [-0.4, -0.2) is 9.78 Å². The zero-order valence-corrected chi connectivity index (χ0v) is 8.96. The number of hydrogen-bond donors (Lipinski definition) is 1. The van der Waals surface area contributed by atoms with Crippen molar-refractivity contribution in [2.75, 3.05) is 0 Å². The van der Waals surface area contributed by atoms with Gasteiger partial charge in [0.05, 0.1) is 6.07 Å². The van der Waals surface area contributed by atoms with Crippen molar-refractivity contribution in [3.63, 3.8) is 0 Å². The molecule has 0 radical (unpaired) electrons. The Morgan fingerprint density at radius 1 is 1.53 bits per heavy atom. The van der Waals surface area contributed by atoms with Crippen LogP contribution in [0.2, 0.25) is 0 Å². The summed E-state index contributed by atoms with van der Waals surface area (Å²) in [4.78, 5) is 0. The molecule has 4 nitrogen and oxygen atoms in total. The van der Waals surface area contributed by atoms with Crippen LogP contribution in [0, 0.1) is 11.3 Å². The van der Waals surface area contributed by atoms with Gasteiger partial charge in [0.1, 0.15) is 6.54 Å². The smallest absolute Gasteiger partial charge is 0.324 e. The molecule has 1 unspecified atom stereocenters. The van der Waals surface area contributed by atoms with E-state index in [9.17, 15) is 13.2 Å². The summed E-state index contributed by atoms with van der Waals surface area (Å²) in [5.74, 6) is 0. The number of nitriles is 1. The highest BCUT2D eigenvalue weighted by Crippen LogP contribution is 2.39. The second kappa shape index (κ2) is 4.04. The molecule has 2 N–H and O–H groups in total. The van der Waals surface area contributed by atoms with Crippen molar-refractivity contribution in [1.29, 1.82) is 5.26 Å². The number of nitrogens with zero attached hydrogens (tertiary/aromatic N) is 3. The normalized spacial score (nSPS) is 19.8. The van der Waals surface area contributed by atoms with Crippen LogP contribution in [0.25, 0.3) is 0 Å². The van der Waals surface area contributed by atoms with Crippen LogP contribution in [0.3, 0.4) is 0 Å². The molecule has 0 saturated heterocycles. The lowest BCUT2D eigenvalue weighted by Gasteiger charge is -2.20. The minimum absolute atomic E-state index is 0.0685. The molecule has 1 atom stereocenters. The average molecular weight is 244 g/mol.